The number of aldehydes is 1. The van der Waals surface area contributed by atoms with Crippen molar-refractivity contribution in [3.05, 3.63) is 59.7 Å². The van der Waals surface area contributed by atoms with Crippen LogP contribution in [-0.2, 0) is 0 Å². The minimum atomic E-state index is -4.78. The van der Waals surface area contributed by atoms with Crippen LogP contribution in [0, 0.1) is 0 Å². The van der Waals surface area contributed by atoms with Gasteiger partial charge in [0, 0.05) is 16.8 Å². The van der Waals surface area contributed by atoms with Crippen molar-refractivity contribution in [1.29, 1.82) is 0 Å². The van der Waals surface area contributed by atoms with Gasteiger partial charge in [-0.25, -0.2) is 0 Å². The smallest absolute Gasteiger partial charge is 0.406 e. The minimum absolute atomic E-state index is 0.158. The third kappa shape index (κ3) is 4.34. The first-order valence-corrected chi connectivity index (χ1v) is 6.10. The Morgan fingerprint density at radius 1 is 1.09 bits per heavy atom. The summed E-state index contributed by atoms with van der Waals surface area (Å²) in [4.78, 5) is 22.6. The number of hydrogen-bond acceptors (Lipinski definition) is 3. The highest BCUT2D eigenvalue weighted by Gasteiger charge is 2.31. The molecule has 114 valence electrons. The number of hydrogen-bond donors (Lipinski definition) is 1. The third-order valence-electron chi connectivity index (χ3n) is 2.63. The maximum atomic E-state index is 12.0. The summed E-state index contributed by atoms with van der Waals surface area (Å²) in [5, 5.41) is 2.54. The summed E-state index contributed by atoms with van der Waals surface area (Å²) < 4.78 is 39.8. The van der Waals surface area contributed by atoms with Crippen molar-refractivity contribution in [1.82, 2.24) is 0 Å². The lowest BCUT2D eigenvalue weighted by molar-refractivity contribution is -0.274. The lowest BCUT2D eigenvalue weighted by atomic mass is 10.2. The Kier molecular flexibility index (Phi) is 4.45. The highest BCUT2D eigenvalue weighted by Crippen LogP contribution is 2.23. The topological polar surface area (TPSA) is 55.4 Å². The second-order valence-corrected chi connectivity index (χ2v) is 4.27. The molecule has 2 rings (SSSR count). The average molecular weight is 309 g/mol. The van der Waals surface area contributed by atoms with Gasteiger partial charge >= 0.3 is 6.36 Å². The molecule has 0 aliphatic rings. The van der Waals surface area contributed by atoms with E-state index in [2.05, 4.69) is 10.1 Å². The molecule has 0 aliphatic carbocycles. The van der Waals surface area contributed by atoms with Gasteiger partial charge in [0.1, 0.15) is 12.0 Å². The van der Waals surface area contributed by atoms with E-state index in [1.165, 1.54) is 18.2 Å². The molecule has 2 aromatic rings. The molecule has 0 saturated heterocycles. The van der Waals surface area contributed by atoms with Crippen LogP contribution >= 0.6 is 0 Å². The molecule has 0 fully saturated rings. The molecule has 0 spiro atoms. The zero-order valence-corrected chi connectivity index (χ0v) is 11.1. The van der Waals surface area contributed by atoms with Gasteiger partial charge in [0.2, 0.25) is 0 Å². The van der Waals surface area contributed by atoms with Crippen LogP contribution in [0.4, 0.5) is 18.9 Å². The molecule has 0 radical (unpaired) electrons. The second kappa shape index (κ2) is 6.30. The van der Waals surface area contributed by atoms with E-state index in [0.29, 0.717) is 17.5 Å². The normalized spacial score (nSPS) is 10.9. The summed E-state index contributed by atoms with van der Waals surface area (Å²) >= 11 is 0. The van der Waals surface area contributed by atoms with Gasteiger partial charge < -0.3 is 10.1 Å². The van der Waals surface area contributed by atoms with Gasteiger partial charge in [-0.2, -0.15) is 0 Å². The molecule has 4 nitrogen and oxygen atoms in total. The van der Waals surface area contributed by atoms with Gasteiger partial charge in [-0.05, 0) is 36.4 Å². The highest BCUT2D eigenvalue weighted by molar-refractivity contribution is 6.04. The lowest BCUT2D eigenvalue weighted by Crippen LogP contribution is -2.17. The van der Waals surface area contributed by atoms with E-state index < -0.39 is 18.0 Å². The number of carbonyl (C=O) groups excluding carboxylic acids is 2. The molecule has 0 saturated carbocycles. The summed E-state index contributed by atoms with van der Waals surface area (Å²) in [6.45, 7) is 0. The predicted molar refractivity (Wildman–Crippen MR) is 72.9 cm³/mol. The fraction of sp³-hybridized carbons (Fsp3) is 0.0667. The SMILES string of the molecule is O=Cc1cccc(NC(=O)c2ccc(OC(F)(F)F)cc2)c1. The molecule has 0 aliphatic heterocycles. The molecule has 0 atom stereocenters. The first-order chi connectivity index (χ1) is 10.4. The molecule has 22 heavy (non-hydrogen) atoms. The van der Waals surface area contributed by atoms with E-state index in [0.717, 1.165) is 12.1 Å². The molecular weight excluding hydrogens is 299 g/mol. The van der Waals surface area contributed by atoms with Gasteiger partial charge in [-0.1, -0.05) is 12.1 Å². The van der Waals surface area contributed by atoms with E-state index in [-0.39, 0.29) is 5.56 Å². The van der Waals surface area contributed by atoms with Crippen LogP contribution < -0.4 is 10.1 Å². The summed E-state index contributed by atoms with van der Waals surface area (Å²) in [5.74, 6) is -0.923. The van der Waals surface area contributed by atoms with E-state index in [1.807, 2.05) is 0 Å². The maximum absolute atomic E-state index is 12.0. The van der Waals surface area contributed by atoms with Gasteiger partial charge in [0.15, 0.2) is 0 Å². The van der Waals surface area contributed by atoms with E-state index >= 15 is 0 Å². The van der Waals surface area contributed by atoms with Crippen LogP contribution in [0.3, 0.4) is 0 Å². The monoisotopic (exact) mass is 309 g/mol. The van der Waals surface area contributed by atoms with Crippen LogP contribution in [0.1, 0.15) is 20.7 Å². The zero-order valence-electron chi connectivity index (χ0n) is 11.1. The molecule has 7 heteroatoms. The maximum Gasteiger partial charge on any atom is 0.573 e. The Hall–Kier alpha value is -2.83. The van der Waals surface area contributed by atoms with Crippen molar-refractivity contribution in [3.63, 3.8) is 0 Å². The van der Waals surface area contributed by atoms with Gasteiger partial charge in [0.25, 0.3) is 5.91 Å². The number of rotatable bonds is 4. The molecule has 1 N–H and O–H groups in total. The number of benzene rings is 2. The molecule has 2 aromatic carbocycles. The second-order valence-electron chi connectivity index (χ2n) is 4.27. The fourth-order valence-corrected chi connectivity index (χ4v) is 1.70. The summed E-state index contributed by atoms with van der Waals surface area (Å²) in [6, 6.07) is 10.7. The van der Waals surface area contributed by atoms with Crippen LogP contribution in [0.5, 0.6) is 5.75 Å². The van der Waals surface area contributed by atoms with Crippen molar-refractivity contribution in [3.8, 4) is 5.75 Å². The first kappa shape index (κ1) is 15.6. The van der Waals surface area contributed by atoms with E-state index in [1.54, 1.807) is 18.2 Å². The molecular formula is C15H10F3NO3. The third-order valence-corrected chi connectivity index (χ3v) is 2.63. The number of carbonyl (C=O) groups is 2. The Bertz CT molecular complexity index is 681. The van der Waals surface area contributed by atoms with Crippen LogP contribution in [0.25, 0.3) is 0 Å². The van der Waals surface area contributed by atoms with Crippen molar-refractivity contribution >= 4 is 17.9 Å². The number of ether oxygens (including phenoxy) is 1. The average Bonchev–Trinajstić information content (AvgIpc) is 2.46. The zero-order chi connectivity index (χ0) is 16.2. The quantitative estimate of drug-likeness (QED) is 0.877. The van der Waals surface area contributed by atoms with Crippen LogP contribution in [0.2, 0.25) is 0 Å². The minimum Gasteiger partial charge on any atom is -0.406 e. The predicted octanol–water partition coefficient (Wildman–Crippen LogP) is 3.65. The summed E-state index contributed by atoms with van der Waals surface area (Å²) in [6.07, 6.45) is -4.14. The lowest BCUT2D eigenvalue weighted by Gasteiger charge is -2.09. The molecule has 0 bridgehead atoms. The van der Waals surface area contributed by atoms with Gasteiger partial charge in [-0.3, -0.25) is 9.59 Å². The molecule has 1 amide bonds. The van der Waals surface area contributed by atoms with Gasteiger partial charge in [-0.15, -0.1) is 13.2 Å². The Morgan fingerprint density at radius 2 is 1.77 bits per heavy atom. The fourth-order valence-electron chi connectivity index (χ4n) is 1.70. The van der Waals surface area contributed by atoms with Crippen molar-refractivity contribution in [2.24, 2.45) is 0 Å². The van der Waals surface area contributed by atoms with Crippen molar-refractivity contribution in [2.45, 2.75) is 6.36 Å². The first-order valence-electron chi connectivity index (χ1n) is 6.10. The molecule has 0 aromatic heterocycles. The Balaban J connectivity index is 2.08. The van der Waals surface area contributed by atoms with Crippen molar-refractivity contribution in [2.75, 3.05) is 5.32 Å². The largest absolute Gasteiger partial charge is 0.573 e. The number of amides is 1. The summed E-state index contributed by atoms with van der Waals surface area (Å²) in [7, 11) is 0. The standard InChI is InChI=1S/C15H10F3NO3/c16-15(17,18)22-13-6-4-11(5-7-13)14(21)19-12-3-1-2-10(8-12)9-20/h1-9H,(H,19,21). The van der Waals surface area contributed by atoms with E-state index in [4.69, 9.17) is 0 Å². The Morgan fingerprint density at radius 3 is 2.36 bits per heavy atom. The number of alkyl halides is 3. The van der Waals surface area contributed by atoms with Gasteiger partial charge in [0.05, 0.1) is 0 Å². The van der Waals surface area contributed by atoms with E-state index in [9.17, 15) is 22.8 Å². The molecule has 0 unspecified atom stereocenters. The number of nitrogens with one attached hydrogen (secondary N) is 1. The number of anilines is 1. The highest BCUT2D eigenvalue weighted by atomic mass is 19.4. The van der Waals surface area contributed by atoms with Crippen molar-refractivity contribution < 1.29 is 27.5 Å². The molecule has 0 heterocycles. The van der Waals surface area contributed by atoms with Crippen LogP contribution in [0.15, 0.2) is 48.5 Å². The Labute approximate surface area is 123 Å². The number of halogens is 3. The summed E-state index contributed by atoms with van der Waals surface area (Å²) in [5.41, 5.74) is 0.961. The van der Waals surface area contributed by atoms with Crippen LogP contribution in [-0.4, -0.2) is 18.6 Å².